The number of aromatic nitrogens is 2. The lowest BCUT2D eigenvalue weighted by Gasteiger charge is -2.37. The molecule has 0 bridgehead atoms. The average molecular weight is 371 g/mol. The van der Waals surface area contributed by atoms with E-state index in [-0.39, 0.29) is 11.3 Å². The number of anilines is 2. The zero-order valence-corrected chi connectivity index (χ0v) is 15.5. The maximum Gasteiger partial charge on any atom is 0.344 e. The summed E-state index contributed by atoms with van der Waals surface area (Å²) < 4.78 is 4.73. The van der Waals surface area contributed by atoms with Gasteiger partial charge >= 0.3 is 5.97 Å². The van der Waals surface area contributed by atoms with Crippen molar-refractivity contribution in [2.24, 2.45) is 0 Å². The van der Waals surface area contributed by atoms with Crippen LogP contribution in [0.15, 0.2) is 24.4 Å². The van der Waals surface area contributed by atoms with Crippen LogP contribution in [-0.4, -0.2) is 54.1 Å². The first-order valence-corrected chi connectivity index (χ1v) is 8.57. The van der Waals surface area contributed by atoms with Crippen molar-refractivity contribution in [3.63, 3.8) is 0 Å². The van der Waals surface area contributed by atoms with E-state index >= 15 is 0 Å². The molecule has 1 saturated heterocycles. The summed E-state index contributed by atoms with van der Waals surface area (Å²) in [7, 11) is 1.22. The summed E-state index contributed by atoms with van der Waals surface area (Å²) in [6, 6.07) is 5.17. The first kappa shape index (κ1) is 18.6. The summed E-state index contributed by atoms with van der Waals surface area (Å²) in [5.41, 5.74) is 0.982. The molecule has 0 saturated carbocycles. The summed E-state index contributed by atoms with van der Waals surface area (Å²) in [4.78, 5) is 35.7. The summed E-state index contributed by atoms with van der Waals surface area (Å²) >= 11 is 0. The number of methoxy groups -OCH3 is 1. The number of ether oxygens (including phenoxy) is 1. The topological polar surface area (TPSA) is 102 Å². The van der Waals surface area contributed by atoms with Gasteiger partial charge in [-0.2, -0.15) is 0 Å². The van der Waals surface area contributed by atoms with Crippen LogP contribution < -0.4 is 9.80 Å². The van der Waals surface area contributed by atoms with Crippen LogP contribution in [0.3, 0.4) is 0 Å². The van der Waals surface area contributed by atoms with Crippen LogP contribution in [0.4, 0.5) is 17.2 Å². The summed E-state index contributed by atoms with van der Waals surface area (Å²) in [6.07, 6.45) is 1.74. The quantitative estimate of drug-likeness (QED) is 0.457. The largest absolute Gasteiger partial charge is 0.465 e. The van der Waals surface area contributed by atoms with Crippen LogP contribution in [0.5, 0.6) is 0 Å². The van der Waals surface area contributed by atoms with E-state index in [2.05, 4.69) is 19.8 Å². The van der Waals surface area contributed by atoms with Crippen LogP contribution in [0, 0.1) is 24.0 Å². The molecule has 0 aliphatic carbocycles. The van der Waals surface area contributed by atoms with Crippen LogP contribution in [0.1, 0.15) is 21.7 Å². The van der Waals surface area contributed by atoms with E-state index in [1.165, 1.54) is 7.11 Å². The zero-order chi connectivity index (χ0) is 19.6. The van der Waals surface area contributed by atoms with Crippen molar-refractivity contribution in [2.45, 2.75) is 13.8 Å². The molecule has 0 N–H and O–H groups in total. The molecule has 0 amide bonds. The standard InChI is InChI=1S/C18H21N5O4/c1-12-10-14(11-15(18(24)27-3)17(12)23(25)26)21-6-8-22(9-7-21)16-4-5-19-13(2)20-16/h4-5,10-11H,6-9H2,1-3H3. The third kappa shape index (κ3) is 3.81. The molecule has 1 aliphatic heterocycles. The minimum absolute atomic E-state index is 0.0219. The number of nitro groups is 1. The van der Waals surface area contributed by atoms with E-state index in [1.807, 2.05) is 13.0 Å². The maximum absolute atomic E-state index is 12.0. The molecule has 0 radical (unpaired) electrons. The fraction of sp³-hybridized carbons (Fsp3) is 0.389. The van der Waals surface area contributed by atoms with Crippen molar-refractivity contribution >= 4 is 23.2 Å². The Morgan fingerprint density at radius 2 is 1.85 bits per heavy atom. The highest BCUT2D eigenvalue weighted by molar-refractivity contribution is 5.96. The molecule has 0 spiro atoms. The van der Waals surface area contributed by atoms with Gasteiger partial charge in [0.05, 0.1) is 12.0 Å². The second-order valence-corrected chi connectivity index (χ2v) is 6.34. The van der Waals surface area contributed by atoms with E-state index in [9.17, 15) is 14.9 Å². The van der Waals surface area contributed by atoms with Crippen molar-refractivity contribution in [3.05, 3.63) is 51.5 Å². The predicted octanol–water partition coefficient (Wildman–Crippen LogP) is 2.11. The monoisotopic (exact) mass is 371 g/mol. The number of piperazine rings is 1. The molecule has 1 aromatic carbocycles. The lowest BCUT2D eigenvalue weighted by Crippen LogP contribution is -2.47. The van der Waals surface area contributed by atoms with E-state index < -0.39 is 10.9 Å². The molecule has 142 valence electrons. The van der Waals surface area contributed by atoms with Gasteiger partial charge < -0.3 is 14.5 Å². The Morgan fingerprint density at radius 1 is 1.19 bits per heavy atom. The normalized spacial score (nSPS) is 14.2. The van der Waals surface area contributed by atoms with Crippen LogP contribution >= 0.6 is 0 Å². The Hall–Kier alpha value is -3.23. The first-order chi connectivity index (χ1) is 12.9. The van der Waals surface area contributed by atoms with Gasteiger partial charge in [0.2, 0.25) is 0 Å². The number of rotatable bonds is 4. The third-order valence-corrected chi connectivity index (χ3v) is 4.60. The minimum atomic E-state index is -0.707. The number of carbonyl (C=O) groups excluding carboxylic acids is 1. The van der Waals surface area contributed by atoms with Gasteiger partial charge in [-0.05, 0) is 32.0 Å². The lowest BCUT2D eigenvalue weighted by atomic mass is 10.1. The Labute approximate surface area is 156 Å². The molecule has 3 rings (SSSR count). The average Bonchev–Trinajstić information content (AvgIpc) is 2.66. The Bertz CT molecular complexity index is 878. The van der Waals surface area contributed by atoms with Gasteiger partial charge in [0.25, 0.3) is 5.69 Å². The predicted molar refractivity (Wildman–Crippen MR) is 100 cm³/mol. The van der Waals surface area contributed by atoms with E-state index in [4.69, 9.17) is 4.74 Å². The van der Waals surface area contributed by atoms with Crippen molar-refractivity contribution < 1.29 is 14.5 Å². The molecular weight excluding hydrogens is 350 g/mol. The van der Waals surface area contributed by atoms with Gasteiger partial charge in [0, 0.05) is 43.6 Å². The smallest absolute Gasteiger partial charge is 0.344 e. The number of carbonyl (C=O) groups is 1. The second kappa shape index (κ2) is 7.56. The molecule has 27 heavy (non-hydrogen) atoms. The fourth-order valence-electron chi connectivity index (χ4n) is 3.26. The van der Waals surface area contributed by atoms with Crippen molar-refractivity contribution in [1.29, 1.82) is 0 Å². The SMILES string of the molecule is COC(=O)c1cc(N2CCN(c3ccnc(C)n3)CC2)cc(C)c1[N+](=O)[O-]. The fourth-order valence-corrected chi connectivity index (χ4v) is 3.26. The van der Waals surface area contributed by atoms with E-state index in [1.54, 1.807) is 25.3 Å². The maximum atomic E-state index is 12.0. The molecule has 1 aliphatic rings. The number of aryl methyl sites for hydroxylation is 2. The second-order valence-electron chi connectivity index (χ2n) is 6.34. The first-order valence-electron chi connectivity index (χ1n) is 8.57. The molecular formula is C18H21N5O4. The molecule has 9 heteroatoms. The number of nitro benzene ring substituents is 1. The van der Waals surface area contributed by atoms with Gasteiger partial charge in [-0.3, -0.25) is 10.1 Å². The van der Waals surface area contributed by atoms with Crippen molar-refractivity contribution in [1.82, 2.24) is 9.97 Å². The number of benzene rings is 1. The highest BCUT2D eigenvalue weighted by Gasteiger charge is 2.27. The molecule has 0 atom stereocenters. The minimum Gasteiger partial charge on any atom is -0.465 e. The van der Waals surface area contributed by atoms with Crippen molar-refractivity contribution in [3.8, 4) is 0 Å². The Morgan fingerprint density at radius 3 is 2.44 bits per heavy atom. The summed E-state index contributed by atoms with van der Waals surface area (Å²) in [5, 5.41) is 11.3. The number of nitrogens with zero attached hydrogens (tertiary/aromatic N) is 5. The highest BCUT2D eigenvalue weighted by Crippen LogP contribution is 2.30. The van der Waals surface area contributed by atoms with Crippen LogP contribution in [-0.2, 0) is 4.74 Å². The number of esters is 1. The lowest BCUT2D eigenvalue weighted by molar-refractivity contribution is -0.385. The van der Waals surface area contributed by atoms with E-state index in [0.717, 1.165) is 30.4 Å². The van der Waals surface area contributed by atoms with Gasteiger partial charge in [-0.1, -0.05) is 0 Å². The van der Waals surface area contributed by atoms with Crippen LogP contribution in [0.2, 0.25) is 0 Å². The number of hydrogen-bond donors (Lipinski definition) is 0. The molecule has 1 fully saturated rings. The van der Waals surface area contributed by atoms with Gasteiger partial charge in [-0.25, -0.2) is 14.8 Å². The van der Waals surface area contributed by atoms with E-state index in [0.29, 0.717) is 18.7 Å². The highest BCUT2D eigenvalue weighted by atomic mass is 16.6. The molecule has 1 aromatic heterocycles. The summed E-state index contributed by atoms with van der Waals surface area (Å²) in [5.74, 6) is 0.905. The Kier molecular flexibility index (Phi) is 5.20. The summed E-state index contributed by atoms with van der Waals surface area (Å²) in [6.45, 7) is 6.41. The zero-order valence-electron chi connectivity index (χ0n) is 15.5. The Balaban J connectivity index is 1.83. The number of hydrogen-bond acceptors (Lipinski definition) is 8. The van der Waals surface area contributed by atoms with Gasteiger partial charge in [0.15, 0.2) is 0 Å². The van der Waals surface area contributed by atoms with Gasteiger partial charge in [0.1, 0.15) is 17.2 Å². The van der Waals surface area contributed by atoms with Crippen molar-refractivity contribution in [2.75, 3.05) is 43.1 Å². The molecule has 0 unspecified atom stereocenters. The molecule has 9 nitrogen and oxygen atoms in total. The third-order valence-electron chi connectivity index (χ3n) is 4.60. The molecule has 2 heterocycles. The van der Waals surface area contributed by atoms with Crippen LogP contribution in [0.25, 0.3) is 0 Å². The molecule has 2 aromatic rings. The van der Waals surface area contributed by atoms with Gasteiger partial charge in [-0.15, -0.1) is 0 Å².